The van der Waals surface area contributed by atoms with Gasteiger partial charge in [-0.1, -0.05) is 12.1 Å². The van der Waals surface area contributed by atoms with E-state index in [1.807, 2.05) is 17.5 Å². The van der Waals surface area contributed by atoms with Gasteiger partial charge in [0.05, 0.1) is 0 Å². The minimum Gasteiger partial charge on any atom is -0.249 e. The molecule has 2 aromatic rings. The van der Waals surface area contributed by atoms with Crippen molar-refractivity contribution in [2.45, 2.75) is 19.3 Å². The first-order valence-corrected chi connectivity index (χ1v) is 5.64. The van der Waals surface area contributed by atoms with Crippen LogP contribution < -0.4 is 0 Å². The second kappa shape index (κ2) is 3.74. The van der Waals surface area contributed by atoms with E-state index in [-0.39, 0.29) is 11.2 Å². The van der Waals surface area contributed by atoms with Gasteiger partial charge in [-0.2, -0.15) is 0 Å². The Balaban J connectivity index is 2.41. The van der Waals surface area contributed by atoms with E-state index in [0.717, 1.165) is 10.6 Å². The van der Waals surface area contributed by atoms with Gasteiger partial charge < -0.3 is 0 Å². The molecule has 0 radical (unpaired) electrons. The third kappa shape index (κ3) is 1.92. The van der Waals surface area contributed by atoms with Gasteiger partial charge in [0.2, 0.25) is 0 Å². The highest BCUT2D eigenvalue weighted by Gasteiger charge is 2.25. The molecular formula is C12H12FNS. The molecule has 0 bridgehead atoms. The second-order valence-corrected chi connectivity index (χ2v) is 4.86. The first-order chi connectivity index (χ1) is 7.10. The molecular weight excluding hydrogens is 209 g/mol. The number of rotatable bonds is 2. The van der Waals surface area contributed by atoms with Gasteiger partial charge in [-0.25, -0.2) is 9.37 Å². The van der Waals surface area contributed by atoms with Crippen molar-refractivity contribution in [2.24, 2.45) is 0 Å². The summed E-state index contributed by atoms with van der Waals surface area (Å²) in [6, 6.07) is 6.61. The van der Waals surface area contributed by atoms with E-state index < -0.39 is 0 Å². The molecule has 2 rings (SSSR count). The maximum Gasteiger partial charge on any atom is 0.123 e. The van der Waals surface area contributed by atoms with E-state index in [1.165, 1.54) is 12.1 Å². The van der Waals surface area contributed by atoms with E-state index in [1.54, 1.807) is 17.5 Å². The van der Waals surface area contributed by atoms with Crippen LogP contribution >= 0.6 is 11.3 Å². The number of halogens is 1. The average molecular weight is 221 g/mol. The van der Waals surface area contributed by atoms with Crippen molar-refractivity contribution < 1.29 is 4.39 Å². The van der Waals surface area contributed by atoms with Crippen molar-refractivity contribution in [3.63, 3.8) is 0 Å². The molecule has 0 atom stereocenters. The molecule has 0 fully saturated rings. The van der Waals surface area contributed by atoms with Crippen molar-refractivity contribution in [1.29, 1.82) is 0 Å². The average Bonchev–Trinajstić information content (AvgIpc) is 2.71. The fraction of sp³-hybridized carbons (Fsp3) is 0.250. The molecule has 0 aliphatic carbocycles. The summed E-state index contributed by atoms with van der Waals surface area (Å²) < 4.78 is 12.8. The van der Waals surface area contributed by atoms with Crippen molar-refractivity contribution in [3.05, 3.63) is 52.2 Å². The van der Waals surface area contributed by atoms with Gasteiger partial charge in [0.15, 0.2) is 0 Å². The van der Waals surface area contributed by atoms with E-state index in [9.17, 15) is 4.39 Å². The molecule has 15 heavy (non-hydrogen) atoms. The fourth-order valence-electron chi connectivity index (χ4n) is 1.52. The lowest BCUT2D eigenvalue weighted by Gasteiger charge is -2.22. The number of hydrogen-bond donors (Lipinski definition) is 0. The van der Waals surface area contributed by atoms with Gasteiger partial charge >= 0.3 is 0 Å². The molecule has 1 aromatic heterocycles. The van der Waals surface area contributed by atoms with E-state index in [4.69, 9.17) is 0 Å². The highest BCUT2D eigenvalue weighted by atomic mass is 32.1. The summed E-state index contributed by atoms with van der Waals surface area (Å²) in [5.74, 6) is -0.200. The molecule has 0 aliphatic heterocycles. The molecule has 3 heteroatoms. The lowest BCUT2D eigenvalue weighted by atomic mass is 9.85. The van der Waals surface area contributed by atoms with Crippen molar-refractivity contribution in [3.8, 4) is 0 Å². The Morgan fingerprint density at radius 2 is 1.87 bits per heavy atom. The summed E-state index contributed by atoms with van der Waals surface area (Å²) in [7, 11) is 0. The van der Waals surface area contributed by atoms with Crippen LogP contribution in [0.1, 0.15) is 24.4 Å². The van der Waals surface area contributed by atoms with Crippen LogP contribution in [-0.2, 0) is 5.41 Å². The van der Waals surface area contributed by atoms with Crippen LogP contribution in [0, 0.1) is 5.82 Å². The zero-order valence-corrected chi connectivity index (χ0v) is 9.51. The first-order valence-electron chi connectivity index (χ1n) is 4.77. The van der Waals surface area contributed by atoms with Gasteiger partial charge in [0.25, 0.3) is 0 Å². The summed E-state index contributed by atoms with van der Waals surface area (Å²) in [5.41, 5.74) is 0.931. The minimum absolute atomic E-state index is 0.151. The van der Waals surface area contributed by atoms with E-state index >= 15 is 0 Å². The van der Waals surface area contributed by atoms with Crippen LogP contribution in [0.15, 0.2) is 35.8 Å². The van der Waals surface area contributed by atoms with Gasteiger partial charge in [-0.05, 0) is 31.5 Å². The highest BCUT2D eigenvalue weighted by Crippen LogP contribution is 2.32. The highest BCUT2D eigenvalue weighted by molar-refractivity contribution is 7.09. The molecule has 1 heterocycles. The maximum absolute atomic E-state index is 12.8. The maximum atomic E-state index is 12.8. The summed E-state index contributed by atoms with van der Waals surface area (Å²) in [5, 5.41) is 3.01. The van der Waals surface area contributed by atoms with Crippen molar-refractivity contribution >= 4 is 11.3 Å². The third-order valence-corrected chi connectivity index (χ3v) is 3.63. The SMILES string of the molecule is CC(C)(c1ccc(F)cc1)c1nccs1. The zero-order chi connectivity index (χ0) is 10.9. The van der Waals surface area contributed by atoms with Crippen LogP contribution in [0.25, 0.3) is 0 Å². The van der Waals surface area contributed by atoms with Crippen LogP contribution in [0.3, 0.4) is 0 Å². The smallest absolute Gasteiger partial charge is 0.123 e. The summed E-state index contributed by atoms with van der Waals surface area (Å²) in [6.07, 6.45) is 1.80. The number of benzene rings is 1. The predicted octanol–water partition coefficient (Wildman–Crippen LogP) is 3.61. The van der Waals surface area contributed by atoms with E-state index in [2.05, 4.69) is 18.8 Å². The molecule has 78 valence electrons. The third-order valence-electron chi connectivity index (χ3n) is 2.53. The summed E-state index contributed by atoms with van der Waals surface area (Å²) in [4.78, 5) is 4.31. The number of nitrogens with zero attached hydrogens (tertiary/aromatic N) is 1. The second-order valence-electron chi connectivity index (χ2n) is 3.97. The van der Waals surface area contributed by atoms with Crippen molar-refractivity contribution in [1.82, 2.24) is 4.98 Å². The van der Waals surface area contributed by atoms with Crippen molar-refractivity contribution in [2.75, 3.05) is 0 Å². The first kappa shape index (κ1) is 10.3. The van der Waals surface area contributed by atoms with Gasteiger partial charge in [-0.15, -0.1) is 11.3 Å². The molecule has 0 amide bonds. The van der Waals surface area contributed by atoms with Gasteiger partial charge in [0, 0.05) is 17.0 Å². The Morgan fingerprint density at radius 1 is 1.20 bits per heavy atom. The Morgan fingerprint density at radius 3 is 2.40 bits per heavy atom. The summed E-state index contributed by atoms with van der Waals surface area (Å²) in [6.45, 7) is 4.19. The van der Waals surface area contributed by atoms with Gasteiger partial charge in [0.1, 0.15) is 10.8 Å². The Bertz CT molecular complexity index is 431. The fourth-order valence-corrected chi connectivity index (χ4v) is 2.31. The predicted molar refractivity (Wildman–Crippen MR) is 60.6 cm³/mol. The van der Waals surface area contributed by atoms with Gasteiger partial charge in [-0.3, -0.25) is 0 Å². The standard InChI is InChI=1S/C12H12FNS/c1-12(2,11-14-7-8-15-11)9-3-5-10(13)6-4-9/h3-8H,1-2H3. The van der Waals surface area contributed by atoms with Crippen LogP contribution in [0.2, 0.25) is 0 Å². The molecule has 0 unspecified atom stereocenters. The molecule has 0 spiro atoms. The Hall–Kier alpha value is -1.22. The zero-order valence-electron chi connectivity index (χ0n) is 8.70. The van der Waals surface area contributed by atoms with E-state index in [0.29, 0.717) is 0 Å². The quantitative estimate of drug-likeness (QED) is 0.755. The number of thiazole rings is 1. The van der Waals surface area contributed by atoms with Crippen LogP contribution in [-0.4, -0.2) is 4.98 Å². The molecule has 0 saturated carbocycles. The molecule has 1 nitrogen and oxygen atoms in total. The monoisotopic (exact) mass is 221 g/mol. The Kier molecular flexibility index (Phi) is 2.57. The summed E-state index contributed by atoms with van der Waals surface area (Å²) >= 11 is 1.62. The van der Waals surface area contributed by atoms with Crippen LogP contribution in [0.4, 0.5) is 4.39 Å². The lowest BCUT2D eigenvalue weighted by molar-refractivity contribution is 0.612. The largest absolute Gasteiger partial charge is 0.249 e. The lowest BCUT2D eigenvalue weighted by Crippen LogP contribution is -2.18. The Labute approximate surface area is 92.6 Å². The molecule has 1 aromatic carbocycles. The van der Waals surface area contributed by atoms with Crippen LogP contribution in [0.5, 0.6) is 0 Å². The number of hydrogen-bond acceptors (Lipinski definition) is 2. The molecule has 0 N–H and O–H groups in total. The number of aromatic nitrogens is 1. The topological polar surface area (TPSA) is 12.9 Å². The molecule has 0 aliphatic rings. The molecule has 0 saturated heterocycles. The minimum atomic E-state index is -0.200. The normalized spacial score (nSPS) is 11.7.